The van der Waals surface area contributed by atoms with Crippen molar-refractivity contribution < 1.29 is 19.4 Å². The summed E-state index contributed by atoms with van der Waals surface area (Å²) in [5, 5.41) is 10.3. The molecular formula is C24H36O4. The second-order valence-electron chi connectivity index (χ2n) is 10.6. The standard InChI is InChI=1S/C24H36O4/c1-23-10-8-16(28-21-5-3-4-12-27-21)13-15(23)6-7-17-18(23)9-11-24(2)19(17)14-20(25)22(24)26/h6,16-21,25H,3-5,7-14H2,1-2H3/t16?,17?,18?,19?,20-,21?,23+,24+/m1/s1. The first-order valence-corrected chi connectivity index (χ1v) is 11.6. The number of rotatable bonds is 2. The molecule has 3 saturated carbocycles. The van der Waals surface area contributed by atoms with Crippen LogP contribution in [-0.2, 0) is 14.3 Å². The predicted octanol–water partition coefficient (Wildman–Crippen LogP) is 4.40. The van der Waals surface area contributed by atoms with E-state index in [0.29, 0.717) is 30.3 Å². The lowest BCUT2D eigenvalue weighted by atomic mass is 9.48. The number of aliphatic hydroxyl groups is 1. The molecule has 0 spiro atoms. The van der Waals surface area contributed by atoms with Crippen LogP contribution in [0.1, 0.15) is 78.1 Å². The van der Waals surface area contributed by atoms with Crippen LogP contribution < -0.4 is 0 Å². The molecule has 5 aliphatic rings. The quantitative estimate of drug-likeness (QED) is 0.713. The van der Waals surface area contributed by atoms with Gasteiger partial charge in [0.1, 0.15) is 6.10 Å². The number of ketones is 1. The predicted molar refractivity (Wildman–Crippen MR) is 107 cm³/mol. The number of hydrogen-bond donors (Lipinski definition) is 1. The Kier molecular flexibility index (Phi) is 4.76. The van der Waals surface area contributed by atoms with Crippen molar-refractivity contribution >= 4 is 5.78 Å². The Bertz CT molecular complexity index is 666. The van der Waals surface area contributed by atoms with Crippen LogP contribution in [0.2, 0.25) is 0 Å². The van der Waals surface area contributed by atoms with Crippen molar-refractivity contribution in [1.29, 1.82) is 0 Å². The van der Waals surface area contributed by atoms with E-state index in [1.54, 1.807) is 5.57 Å². The van der Waals surface area contributed by atoms with E-state index in [1.807, 2.05) is 0 Å². The van der Waals surface area contributed by atoms with Crippen molar-refractivity contribution in [2.45, 2.75) is 96.6 Å². The van der Waals surface area contributed by atoms with Crippen LogP contribution in [0.15, 0.2) is 11.6 Å². The van der Waals surface area contributed by atoms with Crippen molar-refractivity contribution in [2.75, 3.05) is 6.61 Å². The van der Waals surface area contributed by atoms with Gasteiger partial charge in [-0.25, -0.2) is 0 Å². The van der Waals surface area contributed by atoms with Crippen molar-refractivity contribution in [3.8, 4) is 0 Å². The Hall–Kier alpha value is -0.710. The maximum absolute atomic E-state index is 12.6. The molecule has 0 bridgehead atoms. The van der Waals surface area contributed by atoms with Crippen LogP contribution >= 0.6 is 0 Å². The number of fused-ring (bicyclic) bond motifs is 5. The Labute approximate surface area is 169 Å². The number of carbonyl (C=O) groups is 1. The van der Waals surface area contributed by atoms with Gasteiger partial charge in [-0.15, -0.1) is 0 Å². The molecule has 28 heavy (non-hydrogen) atoms. The Morgan fingerprint density at radius 2 is 1.93 bits per heavy atom. The molecule has 1 aliphatic heterocycles. The first-order valence-electron chi connectivity index (χ1n) is 11.6. The van der Waals surface area contributed by atoms with Crippen molar-refractivity contribution in [3.05, 3.63) is 11.6 Å². The number of hydrogen-bond acceptors (Lipinski definition) is 4. The van der Waals surface area contributed by atoms with Gasteiger partial charge in [-0.1, -0.05) is 25.5 Å². The van der Waals surface area contributed by atoms with Crippen molar-refractivity contribution in [2.24, 2.45) is 28.6 Å². The number of Topliss-reactive ketones (excluding diaryl/α,β-unsaturated/α-hetero) is 1. The summed E-state index contributed by atoms with van der Waals surface area (Å²) < 4.78 is 12.1. The summed E-state index contributed by atoms with van der Waals surface area (Å²) in [6.45, 7) is 5.44. The van der Waals surface area contributed by atoms with E-state index >= 15 is 0 Å². The fraction of sp³-hybridized carbons (Fsp3) is 0.875. The Balaban J connectivity index is 1.33. The maximum atomic E-state index is 12.6. The molecule has 5 unspecified atom stereocenters. The summed E-state index contributed by atoms with van der Waals surface area (Å²) in [4.78, 5) is 12.6. The minimum Gasteiger partial charge on any atom is -0.385 e. The maximum Gasteiger partial charge on any atom is 0.167 e. The van der Waals surface area contributed by atoms with Crippen LogP contribution in [0, 0.1) is 28.6 Å². The van der Waals surface area contributed by atoms with E-state index in [2.05, 4.69) is 19.9 Å². The van der Waals surface area contributed by atoms with E-state index < -0.39 is 6.10 Å². The minimum atomic E-state index is -0.730. The molecule has 4 nitrogen and oxygen atoms in total. The van der Waals surface area contributed by atoms with Gasteiger partial charge in [-0.2, -0.15) is 0 Å². The molecule has 0 radical (unpaired) electrons. The van der Waals surface area contributed by atoms with E-state index in [9.17, 15) is 9.90 Å². The highest BCUT2D eigenvalue weighted by Crippen LogP contribution is 2.64. The molecule has 8 atom stereocenters. The SMILES string of the molecule is C[C@]12CCC(OC3CCCCO3)CC1=CCC1C2CC[C@]2(C)C(=O)[C@H](O)CC12. The number of ether oxygens (including phenoxy) is 2. The molecule has 4 heteroatoms. The fourth-order valence-electron chi connectivity index (χ4n) is 7.57. The third-order valence-electron chi connectivity index (χ3n) is 9.27. The molecule has 0 aromatic carbocycles. The van der Waals surface area contributed by atoms with Crippen LogP contribution in [0.25, 0.3) is 0 Å². The Morgan fingerprint density at radius 1 is 1.11 bits per heavy atom. The molecule has 0 aromatic rings. The second kappa shape index (κ2) is 6.92. The van der Waals surface area contributed by atoms with Crippen LogP contribution in [0.5, 0.6) is 0 Å². The number of allylic oxidation sites excluding steroid dienone is 1. The Morgan fingerprint density at radius 3 is 2.71 bits per heavy atom. The van der Waals surface area contributed by atoms with Gasteiger partial charge >= 0.3 is 0 Å². The summed E-state index contributed by atoms with van der Waals surface area (Å²) in [5.74, 6) is 1.66. The number of carbonyl (C=O) groups excluding carboxylic acids is 1. The zero-order valence-corrected chi connectivity index (χ0v) is 17.5. The zero-order chi connectivity index (χ0) is 19.5. The first kappa shape index (κ1) is 19.3. The molecule has 4 aliphatic carbocycles. The van der Waals surface area contributed by atoms with Gasteiger partial charge in [-0.05, 0) is 87.4 Å². The monoisotopic (exact) mass is 388 g/mol. The average molecular weight is 389 g/mol. The molecule has 1 heterocycles. The van der Waals surface area contributed by atoms with Crippen LogP contribution in [0.4, 0.5) is 0 Å². The third kappa shape index (κ3) is 2.86. The van der Waals surface area contributed by atoms with Gasteiger partial charge in [0.2, 0.25) is 0 Å². The largest absolute Gasteiger partial charge is 0.385 e. The van der Waals surface area contributed by atoms with E-state index in [0.717, 1.165) is 51.6 Å². The average Bonchev–Trinajstić information content (AvgIpc) is 2.93. The fourth-order valence-corrected chi connectivity index (χ4v) is 7.57. The highest BCUT2D eigenvalue weighted by Gasteiger charge is 2.61. The summed E-state index contributed by atoms with van der Waals surface area (Å²) in [5.41, 5.74) is 1.55. The lowest BCUT2D eigenvalue weighted by Gasteiger charge is -2.57. The first-order chi connectivity index (χ1) is 13.4. The van der Waals surface area contributed by atoms with Gasteiger partial charge < -0.3 is 14.6 Å². The lowest BCUT2D eigenvalue weighted by Crippen LogP contribution is -2.50. The van der Waals surface area contributed by atoms with Gasteiger partial charge in [0.15, 0.2) is 12.1 Å². The molecule has 156 valence electrons. The third-order valence-corrected chi connectivity index (χ3v) is 9.27. The van der Waals surface area contributed by atoms with E-state index in [1.165, 1.54) is 12.8 Å². The van der Waals surface area contributed by atoms with Crippen molar-refractivity contribution in [1.82, 2.24) is 0 Å². The topological polar surface area (TPSA) is 55.8 Å². The summed E-state index contributed by atoms with van der Waals surface area (Å²) in [7, 11) is 0. The molecule has 0 aromatic heterocycles. The van der Waals surface area contributed by atoms with E-state index in [-0.39, 0.29) is 22.9 Å². The molecule has 1 N–H and O–H groups in total. The highest BCUT2D eigenvalue weighted by molar-refractivity contribution is 5.91. The molecular weight excluding hydrogens is 352 g/mol. The molecule has 4 fully saturated rings. The molecule has 1 saturated heterocycles. The minimum absolute atomic E-state index is 0.00132. The summed E-state index contributed by atoms with van der Waals surface area (Å²) in [6.07, 6.45) is 12.6. The molecule has 0 amide bonds. The molecule has 5 rings (SSSR count). The summed E-state index contributed by atoms with van der Waals surface area (Å²) in [6, 6.07) is 0. The smallest absolute Gasteiger partial charge is 0.167 e. The van der Waals surface area contributed by atoms with Gasteiger partial charge in [0.25, 0.3) is 0 Å². The van der Waals surface area contributed by atoms with Gasteiger partial charge in [-0.3, -0.25) is 4.79 Å². The van der Waals surface area contributed by atoms with Crippen molar-refractivity contribution in [3.63, 3.8) is 0 Å². The normalized spacial score (nSPS) is 51.1. The summed E-state index contributed by atoms with van der Waals surface area (Å²) >= 11 is 0. The van der Waals surface area contributed by atoms with Crippen LogP contribution in [0.3, 0.4) is 0 Å². The zero-order valence-electron chi connectivity index (χ0n) is 17.5. The van der Waals surface area contributed by atoms with E-state index in [4.69, 9.17) is 9.47 Å². The van der Waals surface area contributed by atoms with Gasteiger partial charge in [0, 0.05) is 12.0 Å². The number of aliphatic hydroxyl groups excluding tert-OH is 1. The van der Waals surface area contributed by atoms with Gasteiger partial charge in [0.05, 0.1) is 6.10 Å². The van der Waals surface area contributed by atoms with Crippen LogP contribution in [-0.4, -0.2) is 36.0 Å². The highest BCUT2D eigenvalue weighted by atomic mass is 16.7. The lowest BCUT2D eigenvalue weighted by molar-refractivity contribution is -0.195. The second-order valence-corrected chi connectivity index (χ2v) is 10.6.